The maximum absolute atomic E-state index is 14.0. The molecule has 27 heavy (non-hydrogen) atoms. The summed E-state index contributed by atoms with van der Waals surface area (Å²) in [5.74, 6) is -0.985. The summed E-state index contributed by atoms with van der Waals surface area (Å²) >= 11 is 6.25. The minimum atomic E-state index is -0.652. The molecule has 2 amide bonds. The fourth-order valence-electron chi connectivity index (χ4n) is 2.93. The Bertz CT molecular complexity index is 797. The molecule has 1 atom stereocenters. The number of carbonyl (C=O) groups excluding carboxylic acids is 2. The van der Waals surface area contributed by atoms with Crippen molar-refractivity contribution in [3.8, 4) is 0 Å². The summed E-state index contributed by atoms with van der Waals surface area (Å²) in [7, 11) is 0. The molecule has 0 aliphatic heterocycles. The zero-order valence-electron chi connectivity index (χ0n) is 15.5. The number of amides is 2. The monoisotopic (exact) mass is 390 g/mol. The van der Waals surface area contributed by atoms with Crippen LogP contribution in [0.4, 0.5) is 4.39 Å². The lowest BCUT2D eigenvalue weighted by Gasteiger charge is -2.31. The predicted molar refractivity (Wildman–Crippen MR) is 105 cm³/mol. The SMILES string of the molecule is CCNC(=O)C(CC)N(Cc1ccccc1Cl)C(=O)Cc1ccccc1F. The summed E-state index contributed by atoms with van der Waals surface area (Å²) in [6.07, 6.45) is 0.326. The molecule has 2 aromatic carbocycles. The highest BCUT2D eigenvalue weighted by atomic mass is 35.5. The summed E-state index contributed by atoms with van der Waals surface area (Å²) in [5.41, 5.74) is 1.04. The van der Waals surface area contributed by atoms with Gasteiger partial charge in [-0.05, 0) is 36.6 Å². The number of hydrogen-bond acceptors (Lipinski definition) is 2. The zero-order valence-corrected chi connectivity index (χ0v) is 16.3. The van der Waals surface area contributed by atoms with E-state index in [0.29, 0.717) is 23.6 Å². The topological polar surface area (TPSA) is 49.4 Å². The zero-order chi connectivity index (χ0) is 19.8. The van der Waals surface area contributed by atoms with Crippen LogP contribution in [0.2, 0.25) is 5.02 Å². The van der Waals surface area contributed by atoms with Gasteiger partial charge in [-0.15, -0.1) is 0 Å². The minimum absolute atomic E-state index is 0.118. The van der Waals surface area contributed by atoms with Crippen LogP contribution in [-0.4, -0.2) is 29.3 Å². The van der Waals surface area contributed by atoms with Gasteiger partial charge in [0, 0.05) is 18.1 Å². The van der Waals surface area contributed by atoms with Gasteiger partial charge in [-0.25, -0.2) is 4.39 Å². The van der Waals surface area contributed by atoms with E-state index >= 15 is 0 Å². The Labute approximate surface area is 164 Å². The van der Waals surface area contributed by atoms with Crippen molar-refractivity contribution in [2.24, 2.45) is 0 Å². The molecule has 2 aromatic rings. The van der Waals surface area contributed by atoms with Crippen LogP contribution in [0.15, 0.2) is 48.5 Å². The molecule has 0 spiro atoms. The maximum Gasteiger partial charge on any atom is 0.242 e. The molecule has 0 saturated heterocycles. The molecular weight excluding hydrogens is 367 g/mol. The molecule has 144 valence electrons. The number of hydrogen-bond donors (Lipinski definition) is 1. The Morgan fingerprint density at radius 3 is 2.30 bits per heavy atom. The molecule has 4 nitrogen and oxygen atoms in total. The normalized spacial score (nSPS) is 11.7. The lowest BCUT2D eigenvalue weighted by atomic mass is 10.1. The number of carbonyl (C=O) groups is 2. The van der Waals surface area contributed by atoms with Crippen LogP contribution in [0.5, 0.6) is 0 Å². The van der Waals surface area contributed by atoms with Gasteiger partial charge in [0.15, 0.2) is 0 Å². The molecule has 0 radical (unpaired) electrons. The van der Waals surface area contributed by atoms with Gasteiger partial charge in [-0.1, -0.05) is 54.9 Å². The minimum Gasteiger partial charge on any atom is -0.355 e. The van der Waals surface area contributed by atoms with E-state index < -0.39 is 11.9 Å². The Morgan fingerprint density at radius 2 is 1.70 bits per heavy atom. The molecule has 0 bridgehead atoms. The summed E-state index contributed by atoms with van der Waals surface area (Å²) < 4.78 is 14.0. The van der Waals surface area contributed by atoms with Crippen LogP contribution in [-0.2, 0) is 22.6 Å². The highest BCUT2D eigenvalue weighted by Gasteiger charge is 2.29. The van der Waals surface area contributed by atoms with Crippen molar-refractivity contribution in [2.75, 3.05) is 6.54 Å². The van der Waals surface area contributed by atoms with Gasteiger partial charge in [0.25, 0.3) is 0 Å². The second-order valence-corrected chi connectivity index (χ2v) is 6.61. The quantitative estimate of drug-likeness (QED) is 0.741. The Morgan fingerprint density at radius 1 is 1.07 bits per heavy atom. The highest BCUT2D eigenvalue weighted by molar-refractivity contribution is 6.31. The van der Waals surface area contributed by atoms with Crippen LogP contribution < -0.4 is 5.32 Å². The van der Waals surface area contributed by atoms with Gasteiger partial charge < -0.3 is 10.2 Å². The number of nitrogens with zero attached hydrogens (tertiary/aromatic N) is 1. The fraction of sp³-hybridized carbons (Fsp3) is 0.333. The van der Waals surface area contributed by atoms with Crippen molar-refractivity contribution < 1.29 is 14.0 Å². The smallest absolute Gasteiger partial charge is 0.242 e. The van der Waals surface area contributed by atoms with E-state index in [4.69, 9.17) is 11.6 Å². The lowest BCUT2D eigenvalue weighted by Crippen LogP contribution is -2.49. The number of benzene rings is 2. The van der Waals surface area contributed by atoms with Crippen molar-refractivity contribution >= 4 is 23.4 Å². The number of likely N-dealkylation sites (N-methyl/N-ethyl adjacent to an activating group) is 1. The van der Waals surface area contributed by atoms with Crippen molar-refractivity contribution in [1.82, 2.24) is 10.2 Å². The maximum atomic E-state index is 14.0. The van der Waals surface area contributed by atoms with Crippen LogP contribution in [0.3, 0.4) is 0 Å². The summed E-state index contributed by atoms with van der Waals surface area (Å²) in [6, 6.07) is 12.7. The van der Waals surface area contributed by atoms with E-state index in [2.05, 4.69) is 5.32 Å². The lowest BCUT2D eigenvalue weighted by molar-refractivity contribution is -0.140. The van der Waals surface area contributed by atoms with Crippen molar-refractivity contribution in [2.45, 2.75) is 39.3 Å². The molecular formula is C21H24ClFN2O2. The number of rotatable bonds is 8. The third-order valence-corrected chi connectivity index (χ3v) is 4.70. The van der Waals surface area contributed by atoms with E-state index in [1.165, 1.54) is 11.0 Å². The third-order valence-electron chi connectivity index (χ3n) is 4.33. The first-order valence-electron chi connectivity index (χ1n) is 9.01. The van der Waals surface area contributed by atoms with E-state index in [-0.39, 0.29) is 24.8 Å². The Hall–Kier alpha value is -2.40. The summed E-state index contributed by atoms with van der Waals surface area (Å²) in [4.78, 5) is 27.0. The second kappa shape index (κ2) is 10.1. The average Bonchev–Trinajstić information content (AvgIpc) is 2.65. The van der Waals surface area contributed by atoms with Gasteiger partial charge in [0.2, 0.25) is 11.8 Å². The Kier molecular flexibility index (Phi) is 7.80. The molecule has 0 aromatic heterocycles. The van der Waals surface area contributed by atoms with Crippen molar-refractivity contribution in [3.63, 3.8) is 0 Å². The first-order chi connectivity index (χ1) is 13.0. The number of nitrogens with one attached hydrogen (secondary N) is 1. The molecule has 0 heterocycles. The Balaban J connectivity index is 2.32. The molecule has 1 N–H and O–H groups in total. The summed E-state index contributed by atoms with van der Waals surface area (Å²) in [5, 5.41) is 3.29. The second-order valence-electron chi connectivity index (χ2n) is 6.20. The van der Waals surface area contributed by atoms with Gasteiger partial charge in [-0.2, -0.15) is 0 Å². The first-order valence-corrected chi connectivity index (χ1v) is 9.39. The molecule has 6 heteroatoms. The van der Waals surface area contributed by atoms with Gasteiger partial charge >= 0.3 is 0 Å². The molecule has 2 rings (SSSR count). The van der Waals surface area contributed by atoms with Gasteiger partial charge in [0.05, 0.1) is 6.42 Å². The standard InChI is InChI=1S/C21H24ClFN2O2/c1-3-19(21(27)24-4-2)25(14-16-10-5-7-11-17(16)22)20(26)13-15-9-6-8-12-18(15)23/h5-12,19H,3-4,13-14H2,1-2H3,(H,24,27). The van der Waals surface area contributed by atoms with Crippen molar-refractivity contribution in [1.29, 1.82) is 0 Å². The van der Waals surface area contributed by atoms with E-state index in [9.17, 15) is 14.0 Å². The molecule has 0 aliphatic rings. The van der Waals surface area contributed by atoms with Crippen LogP contribution >= 0.6 is 11.6 Å². The van der Waals surface area contributed by atoms with Crippen molar-refractivity contribution in [3.05, 3.63) is 70.5 Å². The van der Waals surface area contributed by atoms with E-state index in [1.807, 2.05) is 26.0 Å². The van der Waals surface area contributed by atoms with Crippen LogP contribution in [0.1, 0.15) is 31.4 Å². The van der Waals surface area contributed by atoms with E-state index in [1.54, 1.807) is 30.3 Å². The molecule has 0 saturated carbocycles. The molecule has 0 aliphatic carbocycles. The highest BCUT2D eigenvalue weighted by Crippen LogP contribution is 2.21. The molecule has 1 unspecified atom stereocenters. The molecule has 0 fully saturated rings. The third kappa shape index (κ3) is 5.54. The van der Waals surface area contributed by atoms with Gasteiger partial charge in [-0.3, -0.25) is 9.59 Å². The van der Waals surface area contributed by atoms with E-state index in [0.717, 1.165) is 5.56 Å². The van der Waals surface area contributed by atoms with Crippen LogP contribution in [0.25, 0.3) is 0 Å². The largest absolute Gasteiger partial charge is 0.355 e. The fourth-order valence-corrected chi connectivity index (χ4v) is 3.12. The average molecular weight is 391 g/mol. The predicted octanol–water partition coefficient (Wildman–Crippen LogP) is 3.97. The van der Waals surface area contributed by atoms with Gasteiger partial charge in [0.1, 0.15) is 11.9 Å². The summed E-state index contributed by atoms with van der Waals surface area (Å²) in [6.45, 7) is 4.32. The van der Waals surface area contributed by atoms with Crippen LogP contribution in [0, 0.1) is 5.82 Å². The first kappa shape index (κ1) is 20.9. The number of halogens is 2.